The van der Waals surface area contributed by atoms with Crippen molar-refractivity contribution in [1.29, 1.82) is 0 Å². The molecule has 0 bridgehead atoms. The summed E-state index contributed by atoms with van der Waals surface area (Å²) in [6.45, 7) is 8.26. The molecular weight excluding hydrogens is 421 g/mol. The maximum Gasteiger partial charge on any atom is 0.224 e. The van der Waals surface area contributed by atoms with Crippen LogP contribution >= 0.6 is 24.0 Å². The average molecular weight is 453 g/mol. The lowest BCUT2D eigenvalue weighted by Crippen LogP contribution is -2.44. The van der Waals surface area contributed by atoms with Gasteiger partial charge >= 0.3 is 0 Å². The lowest BCUT2D eigenvalue weighted by molar-refractivity contribution is -0.135. The predicted octanol–water partition coefficient (Wildman–Crippen LogP) is 1.04. The van der Waals surface area contributed by atoms with Gasteiger partial charge in [-0.25, -0.2) is 0 Å². The number of morpholine rings is 1. The molecule has 3 heterocycles. The molecule has 0 aromatic heterocycles. The summed E-state index contributed by atoms with van der Waals surface area (Å²) in [5, 5.41) is 0. The minimum Gasteiger partial charge on any atom is -0.380 e. The van der Waals surface area contributed by atoms with Gasteiger partial charge in [0.2, 0.25) is 5.91 Å². The second-order valence-electron chi connectivity index (χ2n) is 6.99. The Morgan fingerprint density at radius 2 is 1.88 bits per heavy atom. The number of halogens is 1. The van der Waals surface area contributed by atoms with Gasteiger partial charge in [0.1, 0.15) is 0 Å². The van der Waals surface area contributed by atoms with Crippen LogP contribution < -0.4 is 0 Å². The van der Waals surface area contributed by atoms with Crippen LogP contribution in [0, 0.1) is 0 Å². The van der Waals surface area contributed by atoms with Crippen molar-refractivity contribution in [3.05, 3.63) is 0 Å². The molecule has 0 radical (unpaired) electrons. The van der Waals surface area contributed by atoms with E-state index >= 15 is 0 Å². The highest BCUT2D eigenvalue weighted by Crippen LogP contribution is 2.23. The zero-order valence-electron chi connectivity index (χ0n) is 14.8. The highest BCUT2D eigenvalue weighted by molar-refractivity contribution is 14.0. The second kappa shape index (κ2) is 10.3. The van der Waals surface area contributed by atoms with Crippen LogP contribution in [0.25, 0.3) is 0 Å². The maximum atomic E-state index is 12.4. The van der Waals surface area contributed by atoms with Crippen molar-refractivity contribution in [3.63, 3.8) is 0 Å². The number of hydrogen-bond acceptors (Lipinski definition) is 5. The van der Waals surface area contributed by atoms with E-state index in [2.05, 4.69) is 9.80 Å². The van der Waals surface area contributed by atoms with Gasteiger partial charge in [0.15, 0.2) is 0 Å². The van der Waals surface area contributed by atoms with Crippen molar-refractivity contribution in [2.75, 3.05) is 66.1 Å². The molecule has 0 N–H and O–H groups in total. The topological polar surface area (TPSA) is 45.2 Å². The van der Waals surface area contributed by atoms with Crippen molar-refractivity contribution < 1.29 is 14.3 Å². The number of likely N-dealkylation sites (tertiary alicyclic amines) is 2. The quantitative estimate of drug-likeness (QED) is 0.563. The Kier molecular flexibility index (Phi) is 8.69. The number of hydrogen-bond donors (Lipinski definition) is 0. The zero-order chi connectivity index (χ0) is 16.1. The summed E-state index contributed by atoms with van der Waals surface area (Å²) in [6, 6.07) is 0.538. The third-order valence-electron chi connectivity index (χ3n) is 5.47. The third-order valence-corrected chi connectivity index (χ3v) is 5.47. The molecule has 0 saturated carbocycles. The summed E-state index contributed by atoms with van der Waals surface area (Å²) in [5.74, 6) is 0.272. The molecule has 2 atom stereocenters. The first kappa shape index (κ1) is 20.4. The normalized spacial score (nSPS) is 29.0. The van der Waals surface area contributed by atoms with Crippen molar-refractivity contribution in [1.82, 2.24) is 14.7 Å². The highest BCUT2D eigenvalue weighted by atomic mass is 127. The first-order valence-electron chi connectivity index (χ1n) is 9.11. The van der Waals surface area contributed by atoms with Gasteiger partial charge in [-0.15, -0.1) is 24.0 Å². The summed E-state index contributed by atoms with van der Waals surface area (Å²) < 4.78 is 10.9. The fourth-order valence-electron chi connectivity index (χ4n) is 4.05. The largest absolute Gasteiger partial charge is 0.380 e. The van der Waals surface area contributed by atoms with E-state index < -0.39 is 0 Å². The molecule has 3 aliphatic rings. The van der Waals surface area contributed by atoms with Crippen LogP contribution in [0.5, 0.6) is 0 Å². The monoisotopic (exact) mass is 453 g/mol. The molecule has 24 heavy (non-hydrogen) atoms. The number of carbonyl (C=O) groups is 1. The third kappa shape index (κ3) is 5.52. The van der Waals surface area contributed by atoms with Crippen molar-refractivity contribution in [2.45, 2.75) is 37.8 Å². The van der Waals surface area contributed by atoms with E-state index in [9.17, 15) is 4.79 Å². The first-order chi connectivity index (χ1) is 11.3. The summed E-state index contributed by atoms with van der Waals surface area (Å²) in [7, 11) is 1.81. The van der Waals surface area contributed by atoms with E-state index in [1.165, 1.54) is 25.9 Å². The van der Waals surface area contributed by atoms with E-state index in [1.54, 1.807) is 7.11 Å². The Balaban J connectivity index is 0.00000208. The Labute approximate surface area is 162 Å². The van der Waals surface area contributed by atoms with Gasteiger partial charge in [-0.2, -0.15) is 0 Å². The van der Waals surface area contributed by atoms with Crippen LogP contribution in [0.1, 0.15) is 25.7 Å². The zero-order valence-corrected chi connectivity index (χ0v) is 17.2. The van der Waals surface area contributed by atoms with Crippen molar-refractivity contribution in [2.24, 2.45) is 0 Å². The predicted molar refractivity (Wildman–Crippen MR) is 104 cm³/mol. The fourth-order valence-corrected chi connectivity index (χ4v) is 4.05. The number of rotatable bonds is 6. The Morgan fingerprint density at radius 1 is 1.17 bits per heavy atom. The molecule has 0 aromatic rings. The van der Waals surface area contributed by atoms with Crippen LogP contribution in [0.15, 0.2) is 0 Å². The second-order valence-corrected chi connectivity index (χ2v) is 6.99. The van der Waals surface area contributed by atoms with Gasteiger partial charge in [0.05, 0.1) is 19.3 Å². The Hall–Kier alpha value is 0.0400. The molecule has 3 rings (SSSR count). The van der Waals surface area contributed by atoms with E-state index in [0.29, 0.717) is 31.8 Å². The molecule has 0 aliphatic carbocycles. The molecule has 3 fully saturated rings. The number of ether oxygens (including phenoxy) is 2. The average Bonchev–Trinajstić information content (AvgIpc) is 3.23. The lowest BCUT2D eigenvalue weighted by Gasteiger charge is -2.30. The molecule has 3 saturated heterocycles. The van der Waals surface area contributed by atoms with Crippen LogP contribution in [-0.2, 0) is 14.3 Å². The summed E-state index contributed by atoms with van der Waals surface area (Å²) >= 11 is 0. The molecule has 3 aliphatic heterocycles. The molecule has 6 nitrogen and oxygen atoms in total. The molecule has 7 heteroatoms. The maximum absolute atomic E-state index is 12.4. The van der Waals surface area contributed by atoms with Crippen LogP contribution in [0.3, 0.4) is 0 Å². The van der Waals surface area contributed by atoms with E-state index in [4.69, 9.17) is 9.47 Å². The number of carbonyl (C=O) groups excluding carboxylic acids is 1. The SMILES string of the molecule is CO[C@H]1C[C@@H](CN2CCCC2)N(CCC(=O)N2CCOCC2)C1.I. The van der Waals surface area contributed by atoms with Gasteiger partial charge in [-0.3, -0.25) is 9.69 Å². The molecule has 0 unspecified atom stereocenters. The van der Waals surface area contributed by atoms with Gasteiger partial charge in [-0.1, -0.05) is 0 Å². The standard InChI is InChI=1S/C17H31N3O3.HI/c1-22-16-12-15(13-18-5-2-3-6-18)20(14-16)7-4-17(21)19-8-10-23-11-9-19;/h15-16H,2-14H2,1H3;1H/t15-,16-;/m0./s1. The lowest BCUT2D eigenvalue weighted by atomic mass is 10.2. The van der Waals surface area contributed by atoms with Gasteiger partial charge in [-0.05, 0) is 32.4 Å². The summed E-state index contributed by atoms with van der Waals surface area (Å²) in [5.41, 5.74) is 0. The minimum absolute atomic E-state index is 0. The van der Waals surface area contributed by atoms with Gasteiger partial charge < -0.3 is 19.3 Å². The van der Waals surface area contributed by atoms with E-state index in [0.717, 1.165) is 39.1 Å². The summed E-state index contributed by atoms with van der Waals surface area (Å²) in [6.07, 6.45) is 4.69. The number of nitrogens with zero attached hydrogens (tertiary/aromatic N) is 3. The van der Waals surface area contributed by atoms with Crippen molar-refractivity contribution >= 4 is 29.9 Å². The molecular formula is C17H32IN3O3. The van der Waals surface area contributed by atoms with Crippen LogP contribution in [0.2, 0.25) is 0 Å². The molecule has 0 spiro atoms. The van der Waals surface area contributed by atoms with E-state index in [-0.39, 0.29) is 29.9 Å². The Bertz CT molecular complexity index is 387. The summed E-state index contributed by atoms with van der Waals surface area (Å²) in [4.78, 5) is 19.4. The van der Waals surface area contributed by atoms with Crippen LogP contribution in [0.4, 0.5) is 0 Å². The molecule has 0 aromatic carbocycles. The van der Waals surface area contributed by atoms with Gasteiger partial charge in [0, 0.05) is 52.3 Å². The van der Waals surface area contributed by atoms with Crippen molar-refractivity contribution in [3.8, 4) is 0 Å². The number of amides is 1. The minimum atomic E-state index is 0. The van der Waals surface area contributed by atoms with Crippen LogP contribution in [-0.4, -0.2) is 98.9 Å². The smallest absolute Gasteiger partial charge is 0.224 e. The number of methoxy groups -OCH3 is 1. The fraction of sp³-hybridized carbons (Fsp3) is 0.941. The molecule has 1 amide bonds. The van der Waals surface area contributed by atoms with E-state index in [1.807, 2.05) is 4.90 Å². The molecule has 140 valence electrons. The Morgan fingerprint density at radius 3 is 2.54 bits per heavy atom. The highest BCUT2D eigenvalue weighted by Gasteiger charge is 2.34. The first-order valence-corrected chi connectivity index (χ1v) is 9.11. The van der Waals surface area contributed by atoms with Gasteiger partial charge in [0.25, 0.3) is 0 Å².